The van der Waals surface area contributed by atoms with Crippen LogP contribution in [0.5, 0.6) is 11.5 Å². The first kappa shape index (κ1) is 23.3. The molecular formula is C27H30N4O3. The lowest BCUT2D eigenvalue weighted by molar-refractivity contribution is 0.0946. The van der Waals surface area contributed by atoms with E-state index in [0.717, 1.165) is 22.5 Å². The average molecular weight is 459 g/mol. The van der Waals surface area contributed by atoms with Crippen LogP contribution in [0.15, 0.2) is 60.7 Å². The number of fused-ring (bicyclic) bond motifs is 1. The van der Waals surface area contributed by atoms with Gasteiger partial charge in [-0.1, -0.05) is 57.2 Å². The van der Waals surface area contributed by atoms with E-state index in [9.17, 15) is 4.79 Å². The number of methoxy groups -OCH3 is 2. The largest absolute Gasteiger partial charge is 0.493 e. The Morgan fingerprint density at radius 1 is 0.971 bits per heavy atom. The predicted molar refractivity (Wildman–Crippen MR) is 133 cm³/mol. The Morgan fingerprint density at radius 3 is 2.38 bits per heavy atom. The summed E-state index contributed by atoms with van der Waals surface area (Å²) in [7, 11) is 3.22. The number of nitrogens with one attached hydrogen (secondary N) is 1. The second-order valence-corrected chi connectivity index (χ2v) is 9.14. The standard InChI is InChI=1S/C27H30N4O3/c1-27(2,3)24-17-25-29-20(19-9-7-6-8-10-19)16-21(31(25)30-24)26(32)28-14-13-18-11-12-22(33-4)23(15-18)34-5/h6-12,15-17H,13-14H2,1-5H3,(H,28,32). The van der Waals surface area contributed by atoms with Crippen molar-refractivity contribution in [1.82, 2.24) is 19.9 Å². The zero-order chi connectivity index (χ0) is 24.3. The summed E-state index contributed by atoms with van der Waals surface area (Å²) >= 11 is 0. The predicted octanol–water partition coefficient (Wildman–Crippen LogP) is 4.68. The van der Waals surface area contributed by atoms with Crippen LogP contribution in [0.2, 0.25) is 0 Å². The number of ether oxygens (including phenoxy) is 2. The third kappa shape index (κ3) is 4.88. The van der Waals surface area contributed by atoms with Crippen LogP contribution in [0.25, 0.3) is 16.9 Å². The highest BCUT2D eigenvalue weighted by Gasteiger charge is 2.22. The minimum atomic E-state index is -0.200. The minimum absolute atomic E-state index is 0.165. The van der Waals surface area contributed by atoms with Crippen molar-refractivity contribution >= 4 is 11.6 Å². The molecule has 34 heavy (non-hydrogen) atoms. The molecule has 0 aliphatic rings. The zero-order valence-electron chi connectivity index (χ0n) is 20.3. The number of aromatic nitrogens is 3. The van der Waals surface area contributed by atoms with E-state index >= 15 is 0 Å². The molecule has 2 aromatic carbocycles. The van der Waals surface area contributed by atoms with Gasteiger partial charge in [0.2, 0.25) is 0 Å². The van der Waals surface area contributed by atoms with Gasteiger partial charge in [-0.2, -0.15) is 5.10 Å². The highest BCUT2D eigenvalue weighted by Crippen LogP contribution is 2.28. The first-order valence-electron chi connectivity index (χ1n) is 11.3. The molecular weight excluding hydrogens is 428 g/mol. The number of benzene rings is 2. The molecule has 0 bridgehead atoms. The molecule has 1 N–H and O–H groups in total. The summed E-state index contributed by atoms with van der Waals surface area (Å²) in [5.41, 5.74) is 4.53. The van der Waals surface area contributed by atoms with Crippen LogP contribution in [-0.4, -0.2) is 41.3 Å². The first-order chi connectivity index (χ1) is 16.3. The Hall–Kier alpha value is -3.87. The maximum Gasteiger partial charge on any atom is 0.270 e. The molecule has 2 heterocycles. The second-order valence-electron chi connectivity index (χ2n) is 9.14. The molecule has 1 amide bonds. The molecule has 2 aromatic heterocycles. The molecule has 0 aliphatic carbocycles. The summed E-state index contributed by atoms with van der Waals surface area (Å²) in [4.78, 5) is 18.1. The van der Waals surface area contributed by atoms with E-state index in [0.29, 0.717) is 35.8 Å². The van der Waals surface area contributed by atoms with Crippen LogP contribution in [0.1, 0.15) is 42.5 Å². The Morgan fingerprint density at radius 2 is 1.71 bits per heavy atom. The maximum absolute atomic E-state index is 13.3. The van der Waals surface area contributed by atoms with E-state index in [-0.39, 0.29) is 11.3 Å². The van der Waals surface area contributed by atoms with Gasteiger partial charge in [0, 0.05) is 23.6 Å². The van der Waals surface area contributed by atoms with E-state index in [2.05, 4.69) is 26.1 Å². The SMILES string of the molecule is COc1ccc(CCNC(=O)c2cc(-c3ccccc3)nc3cc(C(C)(C)C)nn23)cc1OC. The fourth-order valence-corrected chi connectivity index (χ4v) is 3.71. The van der Waals surface area contributed by atoms with Crippen molar-refractivity contribution in [3.63, 3.8) is 0 Å². The van der Waals surface area contributed by atoms with Gasteiger partial charge in [0.25, 0.3) is 5.91 Å². The fraction of sp³-hybridized carbons (Fsp3) is 0.296. The number of carbonyl (C=O) groups excluding carboxylic acids is 1. The van der Waals surface area contributed by atoms with Gasteiger partial charge >= 0.3 is 0 Å². The van der Waals surface area contributed by atoms with E-state index in [1.807, 2.05) is 54.6 Å². The van der Waals surface area contributed by atoms with Gasteiger partial charge in [-0.3, -0.25) is 4.79 Å². The molecule has 7 heteroatoms. The molecule has 4 rings (SSSR count). The summed E-state index contributed by atoms with van der Waals surface area (Å²) in [6.45, 7) is 6.74. The molecule has 7 nitrogen and oxygen atoms in total. The highest BCUT2D eigenvalue weighted by molar-refractivity contribution is 5.94. The van der Waals surface area contributed by atoms with Crippen molar-refractivity contribution in [1.29, 1.82) is 0 Å². The van der Waals surface area contributed by atoms with Crippen LogP contribution in [0, 0.1) is 0 Å². The number of hydrogen-bond donors (Lipinski definition) is 1. The zero-order valence-corrected chi connectivity index (χ0v) is 20.3. The number of carbonyl (C=O) groups is 1. The van der Waals surface area contributed by atoms with Crippen molar-refractivity contribution < 1.29 is 14.3 Å². The quantitative estimate of drug-likeness (QED) is 0.435. The molecule has 0 aliphatic heterocycles. The van der Waals surface area contributed by atoms with Gasteiger partial charge in [0.1, 0.15) is 5.69 Å². The summed E-state index contributed by atoms with van der Waals surface area (Å²) in [6, 6.07) is 19.4. The van der Waals surface area contributed by atoms with Gasteiger partial charge in [0.05, 0.1) is 25.6 Å². The Balaban J connectivity index is 1.61. The molecule has 0 radical (unpaired) electrons. The van der Waals surface area contributed by atoms with E-state index in [4.69, 9.17) is 19.6 Å². The maximum atomic E-state index is 13.3. The van der Waals surface area contributed by atoms with Crippen molar-refractivity contribution in [3.05, 3.63) is 77.6 Å². The monoisotopic (exact) mass is 458 g/mol. The van der Waals surface area contributed by atoms with Gasteiger partial charge in [0.15, 0.2) is 17.1 Å². The van der Waals surface area contributed by atoms with Crippen molar-refractivity contribution in [2.24, 2.45) is 0 Å². The smallest absolute Gasteiger partial charge is 0.270 e. The minimum Gasteiger partial charge on any atom is -0.493 e. The van der Waals surface area contributed by atoms with E-state index < -0.39 is 0 Å². The number of nitrogens with zero attached hydrogens (tertiary/aromatic N) is 3. The normalized spacial score (nSPS) is 11.4. The molecule has 0 spiro atoms. The van der Waals surface area contributed by atoms with Gasteiger partial charge in [-0.25, -0.2) is 9.50 Å². The molecule has 0 fully saturated rings. The summed E-state index contributed by atoms with van der Waals surface area (Å²) in [5, 5.41) is 7.74. The van der Waals surface area contributed by atoms with E-state index in [1.165, 1.54) is 0 Å². The van der Waals surface area contributed by atoms with E-state index in [1.54, 1.807) is 24.8 Å². The Kier molecular flexibility index (Phi) is 6.54. The summed E-state index contributed by atoms with van der Waals surface area (Å²) in [5.74, 6) is 1.14. The lowest BCUT2D eigenvalue weighted by atomic mass is 9.93. The lowest BCUT2D eigenvalue weighted by Crippen LogP contribution is -2.28. The highest BCUT2D eigenvalue weighted by atomic mass is 16.5. The van der Waals surface area contributed by atoms with Gasteiger partial charge < -0.3 is 14.8 Å². The van der Waals surface area contributed by atoms with Crippen LogP contribution in [0.3, 0.4) is 0 Å². The summed E-state index contributed by atoms with van der Waals surface area (Å²) < 4.78 is 12.3. The first-order valence-corrected chi connectivity index (χ1v) is 11.3. The molecule has 0 saturated heterocycles. The number of rotatable bonds is 7. The summed E-state index contributed by atoms with van der Waals surface area (Å²) in [6.07, 6.45) is 0.651. The molecule has 0 unspecified atom stereocenters. The van der Waals surface area contributed by atoms with Crippen molar-refractivity contribution in [3.8, 4) is 22.8 Å². The average Bonchev–Trinajstić information content (AvgIpc) is 3.29. The van der Waals surface area contributed by atoms with Gasteiger partial charge in [-0.15, -0.1) is 0 Å². The van der Waals surface area contributed by atoms with Crippen LogP contribution in [0.4, 0.5) is 0 Å². The third-order valence-electron chi connectivity index (χ3n) is 5.64. The van der Waals surface area contributed by atoms with Crippen LogP contribution in [-0.2, 0) is 11.8 Å². The second kappa shape index (κ2) is 9.55. The Bertz CT molecular complexity index is 1310. The molecule has 0 atom stereocenters. The third-order valence-corrected chi connectivity index (χ3v) is 5.64. The molecule has 4 aromatic rings. The number of amides is 1. The fourth-order valence-electron chi connectivity index (χ4n) is 3.71. The van der Waals surface area contributed by atoms with Gasteiger partial charge in [-0.05, 0) is 30.2 Å². The Labute approximate surface area is 199 Å². The number of hydrogen-bond acceptors (Lipinski definition) is 5. The molecule has 0 saturated carbocycles. The lowest BCUT2D eigenvalue weighted by Gasteiger charge is -2.14. The topological polar surface area (TPSA) is 77.8 Å². The van der Waals surface area contributed by atoms with Crippen LogP contribution >= 0.6 is 0 Å². The van der Waals surface area contributed by atoms with Crippen molar-refractivity contribution in [2.45, 2.75) is 32.6 Å². The van der Waals surface area contributed by atoms with Crippen LogP contribution < -0.4 is 14.8 Å². The molecule has 176 valence electrons. The van der Waals surface area contributed by atoms with Crippen molar-refractivity contribution in [2.75, 3.05) is 20.8 Å².